The number of aliphatic hydroxyl groups is 2. The molecule has 1 heterocycles. The van der Waals surface area contributed by atoms with Crippen LogP contribution < -0.4 is 4.74 Å². The molecule has 0 aliphatic heterocycles. The van der Waals surface area contributed by atoms with Crippen molar-refractivity contribution in [3.05, 3.63) is 24.5 Å². The molecule has 1 atom stereocenters. The first-order valence-electron chi connectivity index (χ1n) is 3.64. The fourth-order valence-corrected chi connectivity index (χ4v) is 0.678. The van der Waals surface area contributed by atoms with E-state index in [4.69, 9.17) is 14.9 Å². The van der Waals surface area contributed by atoms with Crippen molar-refractivity contribution in [3.8, 4) is 5.75 Å². The van der Waals surface area contributed by atoms with Gasteiger partial charge >= 0.3 is 0 Å². The third kappa shape index (κ3) is 2.86. The summed E-state index contributed by atoms with van der Waals surface area (Å²) in [6.07, 6.45) is 2.35. The second-order valence-corrected chi connectivity index (χ2v) is 2.34. The van der Waals surface area contributed by atoms with E-state index in [9.17, 15) is 0 Å². The van der Waals surface area contributed by atoms with Crippen LogP contribution in [0.1, 0.15) is 0 Å². The Morgan fingerprint density at radius 1 is 1.58 bits per heavy atom. The summed E-state index contributed by atoms with van der Waals surface area (Å²) < 4.78 is 5.09. The topological polar surface area (TPSA) is 62.6 Å². The van der Waals surface area contributed by atoms with Crippen LogP contribution in [-0.4, -0.2) is 34.5 Å². The maximum atomic E-state index is 8.92. The first kappa shape index (κ1) is 8.96. The van der Waals surface area contributed by atoms with Crippen LogP contribution in [0.5, 0.6) is 5.75 Å². The Hall–Kier alpha value is -1.13. The molecule has 1 rings (SSSR count). The number of aromatic nitrogens is 1. The summed E-state index contributed by atoms with van der Waals surface area (Å²) in [5.74, 6) is 0.588. The lowest BCUT2D eigenvalue weighted by Gasteiger charge is -2.08. The highest BCUT2D eigenvalue weighted by atomic mass is 16.5. The van der Waals surface area contributed by atoms with Gasteiger partial charge in [0.15, 0.2) is 0 Å². The lowest BCUT2D eigenvalue weighted by Crippen LogP contribution is -2.21. The molecule has 4 nitrogen and oxygen atoms in total. The van der Waals surface area contributed by atoms with E-state index in [2.05, 4.69) is 4.98 Å². The minimum absolute atomic E-state index is 0.0855. The van der Waals surface area contributed by atoms with E-state index in [0.717, 1.165) is 0 Å². The van der Waals surface area contributed by atoms with Gasteiger partial charge in [-0.05, 0) is 12.1 Å². The lowest BCUT2D eigenvalue weighted by molar-refractivity contribution is 0.0535. The molecular weight excluding hydrogens is 158 g/mol. The Balaban J connectivity index is 2.33. The van der Waals surface area contributed by atoms with Crippen LogP contribution in [0.3, 0.4) is 0 Å². The summed E-state index contributed by atoms with van der Waals surface area (Å²) in [5.41, 5.74) is 0. The van der Waals surface area contributed by atoms with Gasteiger partial charge < -0.3 is 14.9 Å². The number of pyridine rings is 1. The van der Waals surface area contributed by atoms with Crippen LogP contribution >= 0.6 is 0 Å². The zero-order valence-corrected chi connectivity index (χ0v) is 6.55. The highest BCUT2D eigenvalue weighted by molar-refractivity contribution is 5.15. The molecule has 4 heteroatoms. The molecule has 0 fully saturated rings. The second kappa shape index (κ2) is 4.69. The van der Waals surface area contributed by atoms with Crippen molar-refractivity contribution in [2.45, 2.75) is 6.10 Å². The Kier molecular flexibility index (Phi) is 3.50. The summed E-state index contributed by atoms with van der Waals surface area (Å²) >= 11 is 0. The Labute approximate surface area is 70.4 Å². The predicted molar refractivity (Wildman–Crippen MR) is 42.8 cm³/mol. The Morgan fingerprint density at radius 2 is 2.42 bits per heavy atom. The number of hydrogen-bond acceptors (Lipinski definition) is 4. The van der Waals surface area contributed by atoms with E-state index in [1.54, 1.807) is 24.5 Å². The average Bonchev–Trinajstić information content (AvgIpc) is 2.16. The molecule has 12 heavy (non-hydrogen) atoms. The lowest BCUT2D eigenvalue weighted by atomic mass is 10.4. The molecule has 0 aliphatic carbocycles. The molecule has 0 saturated heterocycles. The second-order valence-electron chi connectivity index (χ2n) is 2.34. The van der Waals surface area contributed by atoms with E-state index in [1.165, 1.54) is 0 Å². The van der Waals surface area contributed by atoms with Gasteiger partial charge in [-0.25, -0.2) is 0 Å². The molecule has 0 amide bonds. The molecule has 0 spiro atoms. The molecule has 0 aromatic carbocycles. The van der Waals surface area contributed by atoms with Gasteiger partial charge in [0.1, 0.15) is 18.5 Å². The first-order valence-corrected chi connectivity index (χ1v) is 3.64. The Bertz CT molecular complexity index is 215. The normalized spacial score (nSPS) is 12.5. The van der Waals surface area contributed by atoms with Crippen LogP contribution in [0, 0.1) is 0 Å². The monoisotopic (exact) mass is 169 g/mol. The van der Waals surface area contributed by atoms with Crippen LogP contribution in [0.15, 0.2) is 24.5 Å². The molecule has 2 N–H and O–H groups in total. The van der Waals surface area contributed by atoms with Gasteiger partial charge in [0.25, 0.3) is 0 Å². The third-order valence-corrected chi connectivity index (χ3v) is 1.29. The van der Waals surface area contributed by atoms with E-state index in [0.29, 0.717) is 5.75 Å². The van der Waals surface area contributed by atoms with Gasteiger partial charge in [-0.3, -0.25) is 4.98 Å². The highest BCUT2D eigenvalue weighted by Gasteiger charge is 2.01. The molecule has 1 unspecified atom stereocenters. The first-order chi connectivity index (χ1) is 5.83. The number of aliphatic hydroxyl groups excluding tert-OH is 2. The maximum Gasteiger partial charge on any atom is 0.137 e. The molecule has 1 aromatic rings. The van der Waals surface area contributed by atoms with Crippen molar-refractivity contribution in [3.63, 3.8) is 0 Å². The summed E-state index contributed by atoms with van der Waals surface area (Å²) in [6, 6.07) is 3.47. The minimum Gasteiger partial charge on any atom is -0.489 e. The zero-order valence-electron chi connectivity index (χ0n) is 6.55. The van der Waals surface area contributed by atoms with Crippen LogP contribution in [0.25, 0.3) is 0 Å². The van der Waals surface area contributed by atoms with Gasteiger partial charge in [-0.15, -0.1) is 0 Å². The quantitative estimate of drug-likeness (QED) is 0.656. The molecule has 0 bridgehead atoms. The largest absolute Gasteiger partial charge is 0.489 e. The Morgan fingerprint density at radius 3 is 3.00 bits per heavy atom. The van der Waals surface area contributed by atoms with Crippen molar-refractivity contribution >= 4 is 0 Å². The van der Waals surface area contributed by atoms with E-state index in [1.807, 2.05) is 0 Å². The van der Waals surface area contributed by atoms with Gasteiger partial charge in [0.2, 0.25) is 0 Å². The molecule has 0 aliphatic rings. The molecule has 0 radical (unpaired) electrons. The summed E-state index contributed by atoms with van der Waals surface area (Å²) in [6.45, 7) is -0.206. The summed E-state index contributed by atoms with van der Waals surface area (Å²) in [4.78, 5) is 3.82. The van der Waals surface area contributed by atoms with Crippen molar-refractivity contribution < 1.29 is 14.9 Å². The molecular formula is C8H11NO3. The van der Waals surface area contributed by atoms with Crippen molar-refractivity contribution in [2.75, 3.05) is 13.2 Å². The van der Waals surface area contributed by atoms with E-state index < -0.39 is 6.10 Å². The number of rotatable bonds is 4. The van der Waals surface area contributed by atoms with E-state index >= 15 is 0 Å². The molecule has 1 aromatic heterocycles. The average molecular weight is 169 g/mol. The number of nitrogens with zero attached hydrogens (tertiary/aromatic N) is 1. The van der Waals surface area contributed by atoms with Crippen molar-refractivity contribution in [1.82, 2.24) is 4.98 Å². The SMILES string of the molecule is OCC(O)COc1cccnc1. The predicted octanol–water partition coefficient (Wildman–Crippen LogP) is -0.186. The minimum atomic E-state index is -0.829. The standard InChI is InChI=1S/C8H11NO3/c10-5-7(11)6-12-8-2-1-3-9-4-8/h1-4,7,10-11H,5-6H2. The molecule has 66 valence electrons. The van der Waals surface area contributed by atoms with Crippen LogP contribution in [-0.2, 0) is 0 Å². The van der Waals surface area contributed by atoms with Gasteiger partial charge in [-0.1, -0.05) is 0 Å². The van der Waals surface area contributed by atoms with Gasteiger partial charge in [0.05, 0.1) is 12.8 Å². The number of ether oxygens (including phenoxy) is 1. The van der Waals surface area contributed by atoms with Crippen molar-refractivity contribution in [2.24, 2.45) is 0 Å². The van der Waals surface area contributed by atoms with Gasteiger partial charge in [0, 0.05) is 6.20 Å². The van der Waals surface area contributed by atoms with Crippen molar-refractivity contribution in [1.29, 1.82) is 0 Å². The third-order valence-electron chi connectivity index (χ3n) is 1.29. The summed E-state index contributed by atoms with van der Waals surface area (Å²) in [5, 5.41) is 17.4. The summed E-state index contributed by atoms with van der Waals surface area (Å²) in [7, 11) is 0. The van der Waals surface area contributed by atoms with Crippen LogP contribution in [0.4, 0.5) is 0 Å². The number of hydrogen-bond donors (Lipinski definition) is 2. The highest BCUT2D eigenvalue weighted by Crippen LogP contribution is 2.05. The zero-order chi connectivity index (χ0) is 8.81. The molecule has 0 saturated carbocycles. The fraction of sp³-hybridized carbons (Fsp3) is 0.375. The smallest absolute Gasteiger partial charge is 0.137 e. The van der Waals surface area contributed by atoms with E-state index in [-0.39, 0.29) is 13.2 Å². The maximum absolute atomic E-state index is 8.92. The van der Waals surface area contributed by atoms with Gasteiger partial charge in [-0.2, -0.15) is 0 Å². The fourth-order valence-electron chi connectivity index (χ4n) is 0.678. The van der Waals surface area contributed by atoms with Crippen LogP contribution in [0.2, 0.25) is 0 Å².